The van der Waals surface area contributed by atoms with Crippen molar-refractivity contribution < 1.29 is 13.5 Å². The quantitative estimate of drug-likeness (QED) is 0.216. The number of fused-ring (bicyclic) bond motifs is 1. The van der Waals surface area contributed by atoms with Gasteiger partial charge in [0.05, 0.1) is 22.4 Å². The summed E-state index contributed by atoms with van der Waals surface area (Å²) in [4.78, 5) is 5.68. The third-order valence-corrected chi connectivity index (χ3v) is 7.58. The number of para-hydroxylation sites is 1. The number of likely N-dealkylation sites (tertiary alicyclic amines) is 1. The second-order valence-corrected chi connectivity index (χ2v) is 10.1. The number of hydrogen-bond acceptors (Lipinski definition) is 2. The zero-order valence-corrected chi connectivity index (χ0v) is 22.1. The molecule has 0 amide bonds. The van der Waals surface area contributed by atoms with Crippen LogP contribution in [0, 0.1) is 11.7 Å². The molecule has 0 spiro atoms. The number of aromatic amines is 1. The number of hydrogen-bond donors (Lipinski definition) is 1. The molecule has 2 heterocycles. The van der Waals surface area contributed by atoms with Crippen molar-refractivity contribution >= 4 is 45.3 Å². The zero-order chi connectivity index (χ0) is 25.9. The number of allylic oxidation sites excluding steroid dienone is 1. The summed E-state index contributed by atoms with van der Waals surface area (Å²) in [6.07, 6.45) is 0.653. The van der Waals surface area contributed by atoms with Crippen LogP contribution in [0.15, 0.2) is 66.7 Å². The molecule has 0 radical (unpaired) electrons. The van der Waals surface area contributed by atoms with Crippen molar-refractivity contribution in [2.24, 2.45) is 5.92 Å². The molecule has 1 aliphatic heterocycles. The highest BCUT2D eigenvalue weighted by atomic mass is 35.5. The predicted octanol–water partition coefficient (Wildman–Crippen LogP) is 8.26. The lowest BCUT2D eigenvalue weighted by Crippen LogP contribution is -2.49. The smallest absolute Gasteiger partial charge is 0.124 e. The maximum atomic E-state index is 13.9. The van der Waals surface area contributed by atoms with Crippen LogP contribution in [0.3, 0.4) is 0 Å². The molecular formula is C30H28Cl2F2N2O. The summed E-state index contributed by atoms with van der Waals surface area (Å²) >= 11 is 13.4. The van der Waals surface area contributed by atoms with E-state index < -0.39 is 0 Å². The lowest BCUT2D eigenvalue weighted by molar-refractivity contribution is 0.0668. The molecule has 1 fully saturated rings. The Hall–Kier alpha value is -2.86. The van der Waals surface area contributed by atoms with Crippen LogP contribution in [0.4, 0.5) is 8.78 Å². The van der Waals surface area contributed by atoms with Gasteiger partial charge in [0.1, 0.15) is 18.2 Å². The van der Waals surface area contributed by atoms with E-state index in [4.69, 9.17) is 27.9 Å². The standard InChI is InChI=1S/C30H28Cl2F2N2O/c1-2-23(24-12-9-21(34)15-26(24)31)28(30-29(32)25-5-3-4-6-27(25)35-30)20-7-10-22(11-8-20)37-14-13-36-17-19(16-33)18-36/h3-12,15,19,35H,2,13-14,16-18H2,1H3/b28-23+. The molecule has 4 aromatic rings. The Bertz CT molecular complexity index is 1430. The molecule has 0 aliphatic carbocycles. The van der Waals surface area contributed by atoms with Crippen LogP contribution < -0.4 is 4.74 Å². The zero-order valence-electron chi connectivity index (χ0n) is 20.5. The highest BCUT2D eigenvalue weighted by molar-refractivity contribution is 6.38. The van der Waals surface area contributed by atoms with Crippen molar-refractivity contribution in [2.45, 2.75) is 13.3 Å². The number of nitrogens with zero attached hydrogens (tertiary/aromatic N) is 1. The van der Waals surface area contributed by atoms with Crippen LogP contribution in [-0.4, -0.2) is 42.8 Å². The van der Waals surface area contributed by atoms with Crippen LogP contribution in [0.25, 0.3) is 22.0 Å². The van der Waals surface area contributed by atoms with Gasteiger partial charge in [0.15, 0.2) is 0 Å². The van der Waals surface area contributed by atoms with E-state index in [1.807, 2.05) is 55.5 Å². The van der Waals surface area contributed by atoms with Gasteiger partial charge in [-0.2, -0.15) is 0 Å². The van der Waals surface area contributed by atoms with Gasteiger partial charge in [0.25, 0.3) is 0 Å². The Kier molecular flexibility index (Phi) is 7.84. The molecule has 3 aromatic carbocycles. The van der Waals surface area contributed by atoms with Crippen molar-refractivity contribution in [1.29, 1.82) is 0 Å². The number of H-pyrrole nitrogens is 1. The summed E-state index contributed by atoms with van der Waals surface area (Å²) in [5, 5.41) is 1.90. The van der Waals surface area contributed by atoms with Gasteiger partial charge in [-0.1, -0.05) is 66.5 Å². The van der Waals surface area contributed by atoms with Crippen molar-refractivity contribution in [1.82, 2.24) is 9.88 Å². The number of alkyl halides is 1. The second-order valence-electron chi connectivity index (χ2n) is 9.34. The average Bonchev–Trinajstić information content (AvgIpc) is 3.21. The van der Waals surface area contributed by atoms with Gasteiger partial charge in [0.2, 0.25) is 0 Å². The predicted molar refractivity (Wildman–Crippen MR) is 149 cm³/mol. The number of aromatic nitrogens is 1. The van der Waals surface area contributed by atoms with Gasteiger partial charge >= 0.3 is 0 Å². The first kappa shape index (κ1) is 25.8. The van der Waals surface area contributed by atoms with Crippen LogP contribution in [0.1, 0.15) is 30.2 Å². The Morgan fingerprint density at radius 1 is 1.05 bits per heavy atom. The molecule has 0 atom stereocenters. The minimum atomic E-state index is -0.380. The molecular weight excluding hydrogens is 513 g/mol. The average molecular weight is 541 g/mol. The molecule has 0 saturated carbocycles. The Morgan fingerprint density at radius 2 is 1.81 bits per heavy atom. The molecule has 3 nitrogen and oxygen atoms in total. The second kappa shape index (κ2) is 11.3. The summed E-state index contributed by atoms with van der Waals surface area (Å²) in [6.45, 7) is 4.70. The highest BCUT2D eigenvalue weighted by Gasteiger charge is 2.26. The molecule has 0 bridgehead atoms. The van der Waals surface area contributed by atoms with E-state index in [1.54, 1.807) is 6.07 Å². The van der Waals surface area contributed by atoms with Crippen molar-refractivity contribution in [2.75, 3.05) is 32.9 Å². The van der Waals surface area contributed by atoms with Gasteiger partial charge in [0, 0.05) is 42.0 Å². The molecule has 0 unspecified atom stereocenters. The molecule has 1 aliphatic rings. The van der Waals surface area contributed by atoms with E-state index in [-0.39, 0.29) is 18.4 Å². The Morgan fingerprint density at radius 3 is 2.49 bits per heavy atom. The summed E-state index contributed by atoms with van der Waals surface area (Å²) in [5.41, 5.74) is 5.27. The summed E-state index contributed by atoms with van der Waals surface area (Å²) in [7, 11) is 0. The molecule has 192 valence electrons. The normalized spacial score (nSPS) is 15.1. The van der Waals surface area contributed by atoms with Crippen molar-refractivity contribution in [3.05, 3.63) is 99.4 Å². The minimum absolute atomic E-state index is 0.170. The van der Waals surface area contributed by atoms with E-state index in [0.29, 0.717) is 23.1 Å². The van der Waals surface area contributed by atoms with Crippen LogP contribution in [0.5, 0.6) is 5.75 Å². The maximum Gasteiger partial charge on any atom is 0.124 e. The first-order valence-electron chi connectivity index (χ1n) is 12.4. The topological polar surface area (TPSA) is 28.3 Å². The van der Waals surface area contributed by atoms with E-state index in [1.165, 1.54) is 12.1 Å². The highest BCUT2D eigenvalue weighted by Crippen LogP contribution is 2.42. The molecule has 37 heavy (non-hydrogen) atoms. The molecule has 1 saturated heterocycles. The first-order valence-corrected chi connectivity index (χ1v) is 13.2. The first-order chi connectivity index (χ1) is 18.0. The SMILES string of the molecule is CC/C(=C(/c1ccc(OCCN2CC(CF)C2)cc1)c1[nH]c2ccccc2c1Cl)c1ccc(F)cc1Cl. The number of ether oxygens (including phenoxy) is 1. The van der Waals surface area contributed by atoms with E-state index in [2.05, 4.69) is 9.88 Å². The number of rotatable bonds is 9. The Balaban J connectivity index is 1.51. The van der Waals surface area contributed by atoms with Gasteiger partial charge < -0.3 is 9.72 Å². The lowest BCUT2D eigenvalue weighted by Gasteiger charge is -2.37. The summed E-state index contributed by atoms with van der Waals surface area (Å²) in [5.74, 6) is 0.545. The number of nitrogens with one attached hydrogen (secondary N) is 1. The van der Waals surface area contributed by atoms with Crippen LogP contribution in [0.2, 0.25) is 10.0 Å². The van der Waals surface area contributed by atoms with Gasteiger partial charge in [-0.05, 0) is 53.5 Å². The fourth-order valence-corrected chi connectivity index (χ4v) is 5.54. The van der Waals surface area contributed by atoms with Crippen LogP contribution >= 0.6 is 23.2 Å². The van der Waals surface area contributed by atoms with Gasteiger partial charge in [-0.15, -0.1) is 0 Å². The van der Waals surface area contributed by atoms with E-state index in [0.717, 1.165) is 64.3 Å². The molecule has 7 heteroatoms. The van der Waals surface area contributed by atoms with E-state index in [9.17, 15) is 8.78 Å². The fourth-order valence-electron chi connectivity index (χ4n) is 4.95. The molecule has 1 aromatic heterocycles. The van der Waals surface area contributed by atoms with Gasteiger partial charge in [-0.25, -0.2) is 4.39 Å². The summed E-state index contributed by atoms with van der Waals surface area (Å²) in [6, 6.07) is 20.2. The van der Waals surface area contributed by atoms with Crippen molar-refractivity contribution in [3.8, 4) is 5.75 Å². The third kappa shape index (κ3) is 5.40. The van der Waals surface area contributed by atoms with Crippen LogP contribution in [-0.2, 0) is 0 Å². The molecule has 5 rings (SSSR count). The lowest BCUT2D eigenvalue weighted by atomic mass is 9.90. The number of halogens is 4. The fraction of sp³-hybridized carbons (Fsp3) is 0.267. The van der Waals surface area contributed by atoms with Crippen molar-refractivity contribution in [3.63, 3.8) is 0 Å². The third-order valence-electron chi connectivity index (χ3n) is 6.87. The minimum Gasteiger partial charge on any atom is -0.492 e. The van der Waals surface area contributed by atoms with Gasteiger partial charge in [-0.3, -0.25) is 9.29 Å². The number of benzene rings is 3. The largest absolute Gasteiger partial charge is 0.492 e. The monoisotopic (exact) mass is 540 g/mol. The Labute approximate surface area is 225 Å². The maximum absolute atomic E-state index is 13.9. The molecule has 1 N–H and O–H groups in total. The summed E-state index contributed by atoms with van der Waals surface area (Å²) < 4.78 is 32.5. The van der Waals surface area contributed by atoms with E-state index >= 15 is 0 Å².